The monoisotopic (exact) mass is 317 g/mol. The Balaban J connectivity index is 1.68. The van der Waals surface area contributed by atoms with Crippen LogP contribution in [0.1, 0.15) is 36.8 Å². The first-order valence-electron chi connectivity index (χ1n) is 8.48. The van der Waals surface area contributed by atoms with Crippen molar-refractivity contribution in [2.24, 2.45) is 0 Å². The molecule has 2 aliphatic heterocycles. The largest absolute Gasteiger partial charge is 0.395 e. The number of likely N-dealkylation sites (tertiary alicyclic amines) is 2. The summed E-state index contributed by atoms with van der Waals surface area (Å²) in [6.07, 6.45) is 4.50. The number of aliphatic hydroxyl groups is 1. The van der Waals surface area contributed by atoms with E-state index in [2.05, 4.69) is 15.9 Å². The van der Waals surface area contributed by atoms with E-state index in [9.17, 15) is 14.8 Å². The second-order valence-corrected chi connectivity index (χ2v) is 6.65. The Morgan fingerprint density at radius 3 is 2.65 bits per heavy atom. The van der Waals surface area contributed by atoms with Crippen LogP contribution in [-0.2, 0) is 6.54 Å². The average Bonchev–Trinajstić information content (AvgIpc) is 3.17. The van der Waals surface area contributed by atoms with Crippen LogP contribution in [0, 0.1) is 17.1 Å². The van der Waals surface area contributed by atoms with Crippen molar-refractivity contribution in [2.75, 3.05) is 26.2 Å². The van der Waals surface area contributed by atoms with Gasteiger partial charge in [-0.15, -0.1) is 0 Å². The van der Waals surface area contributed by atoms with Gasteiger partial charge < -0.3 is 5.11 Å². The van der Waals surface area contributed by atoms with E-state index < -0.39 is 0 Å². The lowest BCUT2D eigenvalue weighted by molar-refractivity contribution is 0.120. The van der Waals surface area contributed by atoms with Gasteiger partial charge in [0.05, 0.1) is 18.2 Å². The van der Waals surface area contributed by atoms with Gasteiger partial charge in [0.2, 0.25) is 0 Å². The molecule has 23 heavy (non-hydrogen) atoms. The van der Waals surface area contributed by atoms with Crippen LogP contribution in [0.5, 0.6) is 0 Å². The van der Waals surface area contributed by atoms with Crippen LogP contribution in [0.4, 0.5) is 4.39 Å². The van der Waals surface area contributed by atoms with Gasteiger partial charge in [0.1, 0.15) is 5.82 Å². The van der Waals surface area contributed by atoms with E-state index >= 15 is 0 Å². The molecule has 0 aliphatic carbocycles. The van der Waals surface area contributed by atoms with E-state index in [0.29, 0.717) is 24.2 Å². The highest BCUT2D eigenvalue weighted by Gasteiger charge is 2.31. The third-order valence-corrected chi connectivity index (χ3v) is 5.22. The van der Waals surface area contributed by atoms with Gasteiger partial charge in [-0.3, -0.25) is 9.80 Å². The minimum atomic E-state index is -0.283. The number of benzene rings is 1. The van der Waals surface area contributed by atoms with Gasteiger partial charge in [0.25, 0.3) is 0 Å². The quantitative estimate of drug-likeness (QED) is 0.904. The maximum absolute atomic E-state index is 13.5. The summed E-state index contributed by atoms with van der Waals surface area (Å²) in [4.78, 5) is 4.75. The lowest BCUT2D eigenvalue weighted by Crippen LogP contribution is -2.43. The minimum Gasteiger partial charge on any atom is -0.395 e. The second-order valence-electron chi connectivity index (χ2n) is 6.65. The molecule has 1 aromatic rings. The molecule has 4 nitrogen and oxygen atoms in total. The molecule has 2 heterocycles. The fraction of sp³-hybridized carbons (Fsp3) is 0.611. The summed E-state index contributed by atoms with van der Waals surface area (Å²) in [5.41, 5.74) is 1.34. The van der Waals surface area contributed by atoms with E-state index in [4.69, 9.17) is 0 Å². The van der Waals surface area contributed by atoms with Crippen molar-refractivity contribution in [3.8, 4) is 6.07 Å². The Kier molecular flexibility index (Phi) is 5.27. The summed E-state index contributed by atoms with van der Waals surface area (Å²) in [5, 5.41) is 18.7. The second kappa shape index (κ2) is 7.39. The van der Waals surface area contributed by atoms with Crippen molar-refractivity contribution in [1.29, 1.82) is 5.26 Å². The molecule has 0 amide bonds. The third kappa shape index (κ3) is 3.72. The molecule has 2 saturated heterocycles. The van der Waals surface area contributed by atoms with Gasteiger partial charge in [-0.05, 0) is 62.5 Å². The van der Waals surface area contributed by atoms with Crippen molar-refractivity contribution in [2.45, 2.75) is 44.3 Å². The standard InChI is InChI=1S/C18H24FN3O/c19-16-6-5-14(10-20)15(9-16)11-21-7-1-3-17(21)12-22-8-2-4-18(22)13-23/h5-6,9,17-18,23H,1-4,7-8,11-13H2. The SMILES string of the molecule is N#Cc1ccc(F)cc1CN1CCCC1CN1CCCC1CO. The van der Waals surface area contributed by atoms with Gasteiger partial charge in [-0.1, -0.05) is 0 Å². The third-order valence-electron chi connectivity index (χ3n) is 5.22. The van der Waals surface area contributed by atoms with Crippen LogP contribution >= 0.6 is 0 Å². The van der Waals surface area contributed by atoms with Crippen molar-refractivity contribution >= 4 is 0 Å². The summed E-state index contributed by atoms with van der Waals surface area (Å²) in [5.74, 6) is -0.283. The molecule has 1 N–H and O–H groups in total. The van der Waals surface area contributed by atoms with Crippen LogP contribution in [0.25, 0.3) is 0 Å². The van der Waals surface area contributed by atoms with Gasteiger partial charge in [0, 0.05) is 25.2 Å². The maximum Gasteiger partial charge on any atom is 0.123 e. The summed E-state index contributed by atoms with van der Waals surface area (Å²) in [7, 11) is 0. The molecule has 0 saturated carbocycles. The number of hydrogen-bond donors (Lipinski definition) is 1. The highest BCUT2D eigenvalue weighted by molar-refractivity contribution is 5.37. The van der Waals surface area contributed by atoms with E-state index in [1.807, 2.05) is 0 Å². The predicted octanol–water partition coefficient (Wildman–Crippen LogP) is 2.12. The zero-order chi connectivity index (χ0) is 16.2. The number of nitriles is 1. The fourth-order valence-corrected chi connectivity index (χ4v) is 3.94. The van der Waals surface area contributed by atoms with Crippen LogP contribution in [0.2, 0.25) is 0 Å². The predicted molar refractivity (Wildman–Crippen MR) is 86.2 cm³/mol. The molecule has 2 atom stereocenters. The van der Waals surface area contributed by atoms with E-state index in [0.717, 1.165) is 50.9 Å². The highest BCUT2D eigenvalue weighted by Crippen LogP contribution is 2.25. The first-order chi connectivity index (χ1) is 11.2. The Labute approximate surface area is 137 Å². The number of halogens is 1. The molecule has 1 aromatic carbocycles. The molecular formula is C18H24FN3O. The zero-order valence-corrected chi connectivity index (χ0v) is 13.4. The van der Waals surface area contributed by atoms with Crippen molar-refractivity contribution in [3.05, 3.63) is 35.1 Å². The zero-order valence-electron chi connectivity index (χ0n) is 13.4. The van der Waals surface area contributed by atoms with Gasteiger partial charge >= 0.3 is 0 Å². The number of aliphatic hydroxyl groups excluding tert-OH is 1. The number of hydrogen-bond acceptors (Lipinski definition) is 4. The normalized spacial score (nSPS) is 25.8. The molecule has 2 aliphatic rings. The molecule has 2 unspecified atom stereocenters. The molecule has 0 bridgehead atoms. The molecule has 0 aromatic heterocycles. The average molecular weight is 317 g/mol. The summed E-state index contributed by atoms with van der Waals surface area (Å²) >= 11 is 0. The molecule has 3 rings (SSSR count). The topological polar surface area (TPSA) is 50.5 Å². The fourth-order valence-electron chi connectivity index (χ4n) is 3.94. The van der Waals surface area contributed by atoms with Crippen LogP contribution < -0.4 is 0 Å². The van der Waals surface area contributed by atoms with Gasteiger partial charge in [0.15, 0.2) is 0 Å². The molecule has 0 spiro atoms. The number of nitrogens with zero attached hydrogens (tertiary/aromatic N) is 3. The number of rotatable bonds is 5. The Bertz CT molecular complexity index is 586. The van der Waals surface area contributed by atoms with Gasteiger partial charge in [-0.25, -0.2) is 4.39 Å². The van der Waals surface area contributed by atoms with Crippen molar-refractivity contribution < 1.29 is 9.50 Å². The molecule has 0 radical (unpaired) electrons. The highest BCUT2D eigenvalue weighted by atomic mass is 19.1. The van der Waals surface area contributed by atoms with E-state index in [1.54, 1.807) is 6.07 Å². The van der Waals surface area contributed by atoms with E-state index in [1.165, 1.54) is 12.1 Å². The maximum atomic E-state index is 13.5. The molecule has 5 heteroatoms. The smallest absolute Gasteiger partial charge is 0.123 e. The molecule has 124 valence electrons. The lowest BCUT2D eigenvalue weighted by Gasteiger charge is -2.31. The summed E-state index contributed by atoms with van der Waals surface area (Å²) < 4.78 is 13.5. The first-order valence-corrected chi connectivity index (χ1v) is 8.48. The lowest BCUT2D eigenvalue weighted by atomic mass is 10.1. The Morgan fingerprint density at radius 1 is 1.17 bits per heavy atom. The summed E-state index contributed by atoms with van der Waals surface area (Å²) in [6, 6.07) is 7.29. The Hall–Kier alpha value is -1.48. The van der Waals surface area contributed by atoms with Gasteiger partial charge in [-0.2, -0.15) is 5.26 Å². The van der Waals surface area contributed by atoms with Crippen LogP contribution in [0.3, 0.4) is 0 Å². The van der Waals surface area contributed by atoms with Crippen molar-refractivity contribution in [3.63, 3.8) is 0 Å². The summed E-state index contributed by atoms with van der Waals surface area (Å²) in [6.45, 7) is 3.86. The van der Waals surface area contributed by atoms with Crippen LogP contribution in [0.15, 0.2) is 18.2 Å². The molecular weight excluding hydrogens is 293 g/mol. The van der Waals surface area contributed by atoms with Crippen molar-refractivity contribution in [1.82, 2.24) is 9.80 Å². The Morgan fingerprint density at radius 2 is 1.91 bits per heavy atom. The minimum absolute atomic E-state index is 0.231. The van der Waals surface area contributed by atoms with Crippen LogP contribution in [-0.4, -0.2) is 53.2 Å². The molecule has 2 fully saturated rings. The van der Waals surface area contributed by atoms with E-state index in [-0.39, 0.29) is 12.4 Å². The first kappa shape index (κ1) is 16.4.